The molecule has 3 heterocycles. The number of nitrogens with one attached hydrogen (secondary N) is 1. The van der Waals surface area contributed by atoms with E-state index in [9.17, 15) is 13.2 Å². The van der Waals surface area contributed by atoms with Gasteiger partial charge >= 0.3 is 0 Å². The molecule has 1 fully saturated rings. The van der Waals surface area contributed by atoms with E-state index in [-0.39, 0.29) is 17.4 Å². The average molecular weight is 320 g/mol. The molecule has 0 radical (unpaired) electrons. The van der Waals surface area contributed by atoms with Gasteiger partial charge in [-0.25, -0.2) is 18.1 Å². The van der Waals surface area contributed by atoms with Crippen LogP contribution in [0.1, 0.15) is 12.0 Å². The van der Waals surface area contributed by atoms with Gasteiger partial charge in [0.25, 0.3) is 0 Å². The normalized spacial score (nSPS) is 19.9. The van der Waals surface area contributed by atoms with E-state index in [2.05, 4.69) is 15.4 Å². The van der Waals surface area contributed by atoms with Crippen LogP contribution < -0.4 is 5.32 Å². The second-order valence-corrected chi connectivity index (χ2v) is 7.48. The standard InChI is InChI=1S/C14H16N4O3S/c19-14(12-4-8-22(20,21)10-12)16-9-11-3-1-5-15-13(11)18-7-2-6-17-18/h1-3,5-7,12H,4,8-10H2,(H,16,19)/t12-/m0/s1. The predicted octanol–water partition coefficient (Wildman–Crippen LogP) is 0.318. The summed E-state index contributed by atoms with van der Waals surface area (Å²) in [5.74, 6) is 0.00649. The highest BCUT2D eigenvalue weighted by atomic mass is 32.2. The summed E-state index contributed by atoms with van der Waals surface area (Å²) >= 11 is 0. The Hall–Kier alpha value is -2.22. The number of rotatable bonds is 4. The quantitative estimate of drug-likeness (QED) is 0.875. The molecule has 0 spiro atoms. The summed E-state index contributed by atoms with van der Waals surface area (Å²) < 4.78 is 24.5. The maximum Gasteiger partial charge on any atom is 0.224 e. The van der Waals surface area contributed by atoms with Crippen LogP contribution in [0.4, 0.5) is 0 Å². The van der Waals surface area contributed by atoms with Crippen LogP contribution in [0, 0.1) is 5.92 Å². The minimum absolute atomic E-state index is 0.0577. The Labute approximate surface area is 128 Å². The van der Waals surface area contributed by atoms with E-state index < -0.39 is 15.8 Å². The molecule has 7 nitrogen and oxygen atoms in total. The van der Waals surface area contributed by atoms with Gasteiger partial charge in [-0.05, 0) is 18.6 Å². The monoisotopic (exact) mass is 320 g/mol. The molecule has 0 aliphatic carbocycles. The molecule has 0 unspecified atom stereocenters. The van der Waals surface area contributed by atoms with Crippen molar-refractivity contribution >= 4 is 15.7 Å². The summed E-state index contributed by atoms with van der Waals surface area (Å²) in [4.78, 5) is 16.4. The molecular formula is C14H16N4O3S. The van der Waals surface area contributed by atoms with Crippen LogP contribution in [0.15, 0.2) is 36.8 Å². The highest BCUT2D eigenvalue weighted by Gasteiger charge is 2.32. The van der Waals surface area contributed by atoms with Gasteiger partial charge in [0.1, 0.15) is 0 Å². The third-order valence-electron chi connectivity index (χ3n) is 3.65. The molecule has 0 bridgehead atoms. The summed E-state index contributed by atoms with van der Waals surface area (Å²) in [7, 11) is -3.05. The number of pyridine rings is 1. The first-order valence-electron chi connectivity index (χ1n) is 6.97. The van der Waals surface area contributed by atoms with Gasteiger partial charge in [0.2, 0.25) is 5.91 Å². The first-order valence-corrected chi connectivity index (χ1v) is 8.79. The fourth-order valence-electron chi connectivity index (χ4n) is 2.50. The van der Waals surface area contributed by atoms with Crippen molar-refractivity contribution in [3.05, 3.63) is 42.4 Å². The molecule has 2 aromatic heterocycles. The van der Waals surface area contributed by atoms with Gasteiger partial charge < -0.3 is 5.32 Å². The van der Waals surface area contributed by atoms with E-state index in [1.54, 1.807) is 35.4 Å². The Morgan fingerprint density at radius 1 is 1.36 bits per heavy atom. The summed E-state index contributed by atoms with van der Waals surface area (Å²) in [5, 5.41) is 6.93. The van der Waals surface area contributed by atoms with Crippen molar-refractivity contribution in [1.82, 2.24) is 20.1 Å². The van der Waals surface area contributed by atoms with Crippen LogP contribution in [0.3, 0.4) is 0 Å². The molecule has 1 amide bonds. The van der Waals surface area contributed by atoms with E-state index in [1.807, 2.05) is 6.07 Å². The van der Waals surface area contributed by atoms with Gasteiger partial charge in [-0.3, -0.25) is 4.79 Å². The third-order valence-corrected chi connectivity index (χ3v) is 5.41. The molecule has 1 aliphatic heterocycles. The smallest absolute Gasteiger partial charge is 0.224 e. The number of hydrogen-bond acceptors (Lipinski definition) is 5. The number of aromatic nitrogens is 3. The fraction of sp³-hybridized carbons (Fsp3) is 0.357. The van der Waals surface area contributed by atoms with E-state index in [4.69, 9.17) is 0 Å². The molecule has 1 N–H and O–H groups in total. The van der Waals surface area contributed by atoms with Crippen LogP contribution in [0.25, 0.3) is 5.82 Å². The molecular weight excluding hydrogens is 304 g/mol. The highest BCUT2D eigenvalue weighted by Crippen LogP contribution is 2.19. The average Bonchev–Trinajstić information content (AvgIpc) is 3.14. The van der Waals surface area contributed by atoms with Crippen LogP contribution >= 0.6 is 0 Å². The number of carbonyl (C=O) groups excluding carboxylic acids is 1. The fourth-order valence-corrected chi connectivity index (χ4v) is 4.24. The maximum atomic E-state index is 12.1. The highest BCUT2D eigenvalue weighted by molar-refractivity contribution is 7.91. The van der Waals surface area contributed by atoms with Gasteiger partial charge in [-0.2, -0.15) is 5.10 Å². The van der Waals surface area contributed by atoms with Gasteiger partial charge in [-0.1, -0.05) is 6.07 Å². The second kappa shape index (κ2) is 5.88. The summed E-state index contributed by atoms with van der Waals surface area (Å²) in [6, 6.07) is 5.44. The van der Waals surface area contributed by atoms with E-state index in [1.165, 1.54) is 0 Å². The number of sulfone groups is 1. The van der Waals surface area contributed by atoms with Crippen molar-refractivity contribution in [3.8, 4) is 5.82 Å². The second-order valence-electron chi connectivity index (χ2n) is 5.25. The molecule has 1 atom stereocenters. The SMILES string of the molecule is O=C(NCc1cccnc1-n1cccn1)[C@H]1CCS(=O)(=O)C1. The van der Waals surface area contributed by atoms with Crippen molar-refractivity contribution in [3.63, 3.8) is 0 Å². The van der Waals surface area contributed by atoms with E-state index in [0.29, 0.717) is 18.8 Å². The Morgan fingerprint density at radius 2 is 2.23 bits per heavy atom. The lowest BCUT2D eigenvalue weighted by Crippen LogP contribution is -2.31. The van der Waals surface area contributed by atoms with Crippen LogP contribution in [0.5, 0.6) is 0 Å². The molecule has 116 valence electrons. The number of amides is 1. The number of hydrogen-bond donors (Lipinski definition) is 1. The maximum absolute atomic E-state index is 12.1. The Bertz CT molecular complexity index is 771. The van der Waals surface area contributed by atoms with E-state index in [0.717, 1.165) is 5.56 Å². The minimum atomic E-state index is -3.05. The zero-order valence-corrected chi connectivity index (χ0v) is 12.7. The van der Waals surface area contributed by atoms with Crippen LogP contribution in [-0.4, -0.2) is 40.6 Å². The van der Waals surface area contributed by atoms with Gasteiger partial charge in [-0.15, -0.1) is 0 Å². The Morgan fingerprint density at radius 3 is 2.91 bits per heavy atom. The van der Waals surface area contributed by atoms with Gasteiger partial charge in [0.15, 0.2) is 15.7 Å². The molecule has 1 saturated heterocycles. The molecule has 0 saturated carbocycles. The first-order chi connectivity index (χ1) is 10.6. The zero-order chi connectivity index (χ0) is 15.6. The molecule has 8 heteroatoms. The summed E-state index contributed by atoms with van der Waals surface area (Å²) in [5.41, 5.74) is 0.820. The van der Waals surface area contributed by atoms with Crippen molar-refractivity contribution in [1.29, 1.82) is 0 Å². The predicted molar refractivity (Wildman–Crippen MR) is 80.0 cm³/mol. The summed E-state index contributed by atoms with van der Waals surface area (Å²) in [6.45, 7) is 0.290. The number of nitrogens with zero attached hydrogens (tertiary/aromatic N) is 3. The molecule has 0 aromatic carbocycles. The largest absolute Gasteiger partial charge is 0.352 e. The van der Waals surface area contributed by atoms with Crippen LogP contribution in [0.2, 0.25) is 0 Å². The zero-order valence-electron chi connectivity index (χ0n) is 11.8. The molecule has 1 aliphatic rings. The van der Waals surface area contributed by atoms with Crippen molar-refractivity contribution in [2.45, 2.75) is 13.0 Å². The van der Waals surface area contributed by atoms with E-state index >= 15 is 0 Å². The van der Waals surface area contributed by atoms with Crippen molar-refractivity contribution in [2.24, 2.45) is 5.92 Å². The van der Waals surface area contributed by atoms with Crippen LogP contribution in [-0.2, 0) is 21.2 Å². The Kier molecular flexibility index (Phi) is 3.93. The van der Waals surface area contributed by atoms with Crippen molar-refractivity contribution in [2.75, 3.05) is 11.5 Å². The summed E-state index contributed by atoms with van der Waals surface area (Å²) in [6.07, 6.45) is 5.48. The third kappa shape index (κ3) is 3.16. The minimum Gasteiger partial charge on any atom is -0.352 e. The Balaban J connectivity index is 1.69. The molecule has 22 heavy (non-hydrogen) atoms. The first kappa shape index (κ1) is 14.7. The lowest BCUT2D eigenvalue weighted by Gasteiger charge is -2.12. The number of carbonyl (C=O) groups is 1. The lowest BCUT2D eigenvalue weighted by atomic mass is 10.1. The van der Waals surface area contributed by atoms with Crippen molar-refractivity contribution < 1.29 is 13.2 Å². The van der Waals surface area contributed by atoms with Gasteiger partial charge in [0, 0.05) is 30.7 Å². The lowest BCUT2D eigenvalue weighted by molar-refractivity contribution is -0.124. The van der Waals surface area contributed by atoms with Gasteiger partial charge in [0.05, 0.1) is 17.4 Å². The molecule has 2 aromatic rings. The topological polar surface area (TPSA) is 93.9 Å². The molecule has 3 rings (SSSR count).